The predicted molar refractivity (Wildman–Crippen MR) is 109 cm³/mol. The Hall–Kier alpha value is -1.93. The minimum Gasteiger partial charge on any atom is -0.452 e. The molecule has 0 radical (unpaired) electrons. The molecule has 2 aliphatic rings. The second-order valence-electron chi connectivity index (χ2n) is 8.31. The Bertz CT molecular complexity index is 838. The lowest BCUT2D eigenvalue weighted by atomic mass is 9.92. The summed E-state index contributed by atoms with van der Waals surface area (Å²) in [5.74, 6) is -0.0499. The van der Waals surface area contributed by atoms with E-state index in [0.717, 1.165) is 25.7 Å². The molecule has 0 bridgehead atoms. The van der Waals surface area contributed by atoms with Gasteiger partial charge in [0.25, 0.3) is 5.91 Å². The second kappa shape index (κ2) is 9.26. The first kappa shape index (κ1) is 21.8. The summed E-state index contributed by atoms with van der Waals surface area (Å²) in [7, 11) is -3.63. The van der Waals surface area contributed by atoms with E-state index in [1.807, 2.05) is 0 Å². The van der Waals surface area contributed by atoms with Crippen molar-refractivity contribution in [3.05, 3.63) is 29.8 Å². The average Bonchev–Trinajstić information content (AvgIpc) is 2.71. The van der Waals surface area contributed by atoms with Crippen LogP contribution in [0.1, 0.15) is 49.9 Å². The largest absolute Gasteiger partial charge is 0.452 e. The fourth-order valence-corrected chi connectivity index (χ4v) is 5.77. The van der Waals surface area contributed by atoms with E-state index < -0.39 is 16.0 Å². The molecule has 7 nitrogen and oxygen atoms in total. The molecule has 0 saturated carbocycles. The standard InChI is InChI=1S/C21H30N2O5S/c1-16-11-17(2)14-22(13-16)20(24)15-28-21(25)18-7-6-8-19(12-18)29(26,27)23-9-4-3-5-10-23/h6-8,12,16-17H,3-5,9-11,13-15H2,1-2H3/t16-,17+. The first-order valence-corrected chi connectivity index (χ1v) is 11.8. The number of carbonyl (C=O) groups excluding carboxylic acids is 2. The highest BCUT2D eigenvalue weighted by Gasteiger charge is 2.28. The number of hydrogen-bond acceptors (Lipinski definition) is 5. The van der Waals surface area contributed by atoms with E-state index in [9.17, 15) is 18.0 Å². The number of sulfonamides is 1. The SMILES string of the molecule is C[C@@H]1C[C@H](C)CN(C(=O)COC(=O)c2cccc(S(=O)(=O)N3CCCCC3)c2)C1. The van der Waals surface area contributed by atoms with Gasteiger partial charge in [-0.1, -0.05) is 26.3 Å². The van der Waals surface area contributed by atoms with Crippen LogP contribution >= 0.6 is 0 Å². The lowest BCUT2D eigenvalue weighted by Gasteiger charge is -2.34. The summed E-state index contributed by atoms with van der Waals surface area (Å²) in [6, 6.07) is 5.86. The summed E-state index contributed by atoms with van der Waals surface area (Å²) >= 11 is 0. The normalized spacial score (nSPS) is 23.6. The monoisotopic (exact) mass is 422 g/mol. The van der Waals surface area contributed by atoms with Gasteiger partial charge in [-0.15, -0.1) is 0 Å². The number of likely N-dealkylation sites (tertiary alicyclic amines) is 1. The average molecular weight is 423 g/mol. The molecule has 0 spiro atoms. The molecule has 2 fully saturated rings. The zero-order valence-corrected chi connectivity index (χ0v) is 18.0. The van der Waals surface area contributed by atoms with Crippen LogP contribution in [0.4, 0.5) is 0 Å². The van der Waals surface area contributed by atoms with E-state index in [1.165, 1.54) is 28.6 Å². The topological polar surface area (TPSA) is 84.0 Å². The molecule has 2 heterocycles. The molecule has 160 valence electrons. The molecule has 2 atom stereocenters. The van der Waals surface area contributed by atoms with Crippen LogP contribution in [0.5, 0.6) is 0 Å². The Labute approximate surface area is 173 Å². The summed E-state index contributed by atoms with van der Waals surface area (Å²) in [6.45, 7) is 6.22. The number of nitrogens with zero attached hydrogens (tertiary/aromatic N) is 2. The van der Waals surface area contributed by atoms with Crippen molar-refractivity contribution in [2.45, 2.75) is 44.4 Å². The molecule has 1 aromatic carbocycles. The third-order valence-corrected chi connectivity index (χ3v) is 7.47. The van der Waals surface area contributed by atoms with Gasteiger partial charge in [0.1, 0.15) is 0 Å². The van der Waals surface area contributed by atoms with Gasteiger partial charge >= 0.3 is 5.97 Å². The number of amides is 1. The van der Waals surface area contributed by atoms with Gasteiger partial charge in [0, 0.05) is 26.2 Å². The summed E-state index contributed by atoms with van der Waals surface area (Å²) in [4.78, 5) is 26.6. The molecule has 8 heteroatoms. The van der Waals surface area contributed by atoms with Crippen molar-refractivity contribution in [2.24, 2.45) is 11.8 Å². The molecule has 0 unspecified atom stereocenters. The Morgan fingerprint density at radius 3 is 2.38 bits per heavy atom. The Kier molecular flexibility index (Phi) is 6.95. The molecular weight excluding hydrogens is 392 g/mol. The molecule has 0 N–H and O–H groups in total. The molecule has 0 aromatic heterocycles. The third kappa shape index (κ3) is 5.36. The summed E-state index contributed by atoms with van der Waals surface area (Å²) in [5.41, 5.74) is 0.135. The number of benzene rings is 1. The molecule has 3 rings (SSSR count). The Balaban J connectivity index is 1.63. The van der Waals surface area contributed by atoms with E-state index in [2.05, 4.69) is 13.8 Å². The smallest absolute Gasteiger partial charge is 0.338 e. The number of esters is 1. The van der Waals surface area contributed by atoms with E-state index >= 15 is 0 Å². The van der Waals surface area contributed by atoms with Crippen molar-refractivity contribution < 1.29 is 22.7 Å². The van der Waals surface area contributed by atoms with E-state index in [-0.39, 0.29) is 23.0 Å². The van der Waals surface area contributed by atoms with E-state index in [1.54, 1.807) is 4.90 Å². The lowest BCUT2D eigenvalue weighted by Crippen LogP contribution is -2.44. The summed E-state index contributed by atoms with van der Waals surface area (Å²) < 4.78 is 32.3. The van der Waals surface area contributed by atoms with Crippen molar-refractivity contribution in [1.82, 2.24) is 9.21 Å². The molecular formula is C21H30N2O5S. The van der Waals surface area contributed by atoms with Crippen LogP contribution in [0.2, 0.25) is 0 Å². The lowest BCUT2D eigenvalue weighted by molar-refractivity contribution is -0.137. The number of piperidine rings is 2. The molecule has 1 aromatic rings. The third-order valence-electron chi connectivity index (χ3n) is 5.57. The molecule has 2 aliphatic heterocycles. The number of hydrogen-bond donors (Lipinski definition) is 0. The van der Waals surface area contributed by atoms with Gasteiger partial charge in [0.05, 0.1) is 10.5 Å². The zero-order valence-electron chi connectivity index (χ0n) is 17.2. The minimum atomic E-state index is -3.63. The molecule has 0 aliphatic carbocycles. The minimum absolute atomic E-state index is 0.0823. The second-order valence-corrected chi connectivity index (χ2v) is 10.3. The van der Waals surface area contributed by atoms with Crippen molar-refractivity contribution in [1.29, 1.82) is 0 Å². The van der Waals surface area contributed by atoms with Gasteiger partial charge < -0.3 is 9.64 Å². The zero-order chi connectivity index (χ0) is 21.0. The van der Waals surface area contributed by atoms with Gasteiger partial charge in [-0.05, 0) is 49.3 Å². The Morgan fingerprint density at radius 1 is 1.07 bits per heavy atom. The molecule has 1 amide bonds. The highest BCUT2D eigenvalue weighted by molar-refractivity contribution is 7.89. The maximum Gasteiger partial charge on any atom is 0.338 e. The predicted octanol–water partition coefficient (Wildman–Crippen LogP) is 2.52. The Morgan fingerprint density at radius 2 is 1.72 bits per heavy atom. The van der Waals surface area contributed by atoms with Gasteiger partial charge in [-0.3, -0.25) is 4.79 Å². The first-order valence-electron chi connectivity index (χ1n) is 10.3. The molecule has 29 heavy (non-hydrogen) atoms. The van der Waals surface area contributed by atoms with Crippen molar-refractivity contribution in [3.63, 3.8) is 0 Å². The maximum absolute atomic E-state index is 12.8. The van der Waals surface area contributed by atoms with Crippen LogP contribution in [0.3, 0.4) is 0 Å². The van der Waals surface area contributed by atoms with Crippen LogP contribution < -0.4 is 0 Å². The van der Waals surface area contributed by atoms with E-state index in [4.69, 9.17) is 4.74 Å². The van der Waals surface area contributed by atoms with Gasteiger partial charge in [0.15, 0.2) is 6.61 Å². The van der Waals surface area contributed by atoms with Crippen LogP contribution in [0, 0.1) is 11.8 Å². The maximum atomic E-state index is 12.8. The number of ether oxygens (including phenoxy) is 1. The van der Waals surface area contributed by atoms with Crippen LogP contribution in [0.25, 0.3) is 0 Å². The van der Waals surface area contributed by atoms with Crippen molar-refractivity contribution >= 4 is 21.9 Å². The number of carbonyl (C=O) groups is 2. The summed E-state index contributed by atoms with van der Waals surface area (Å²) in [5, 5.41) is 0. The van der Waals surface area contributed by atoms with Crippen LogP contribution in [-0.4, -0.2) is 62.3 Å². The molecule has 2 saturated heterocycles. The van der Waals surface area contributed by atoms with Gasteiger partial charge in [-0.2, -0.15) is 4.31 Å². The van der Waals surface area contributed by atoms with Crippen LogP contribution in [-0.2, 0) is 19.6 Å². The highest BCUT2D eigenvalue weighted by atomic mass is 32.2. The van der Waals surface area contributed by atoms with Crippen molar-refractivity contribution in [3.8, 4) is 0 Å². The van der Waals surface area contributed by atoms with Gasteiger partial charge in [0.2, 0.25) is 10.0 Å². The fourth-order valence-electron chi connectivity index (χ4n) is 4.21. The number of rotatable bonds is 5. The first-order chi connectivity index (χ1) is 13.8. The fraction of sp³-hybridized carbons (Fsp3) is 0.619. The summed E-state index contributed by atoms with van der Waals surface area (Å²) in [6.07, 6.45) is 3.80. The van der Waals surface area contributed by atoms with Gasteiger partial charge in [-0.25, -0.2) is 13.2 Å². The highest BCUT2D eigenvalue weighted by Crippen LogP contribution is 2.22. The van der Waals surface area contributed by atoms with E-state index in [0.29, 0.717) is 38.0 Å². The quantitative estimate of drug-likeness (QED) is 0.681. The van der Waals surface area contributed by atoms with Crippen molar-refractivity contribution in [2.75, 3.05) is 32.8 Å². The van der Waals surface area contributed by atoms with Crippen LogP contribution in [0.15, 0.2) is 29.2 Å².